The summed E-state index contributed by atoms with van der Waals surface area (Å²) in [5.74, 6) is 0. The molecule has 0 unspecified atom stereocenters. The van der Waals surface area contributed by atoms with Crippen molar-refractivity contribution in [1.29, 1.82) is 0 Å². The largest absolute Gasteiger partial charge is 0.332 e. The summed E-state index contributed by atoms with van der Waals surface area (Å²) in [6.45, 7) is 0.818. The predicted octanol–water partition coefficient (Wildman–Crippen LogP) is 4.25. The highest BCUT2D eigenvalue weighted by Crippen LogP contribution is 2.25. The van der Waals surface area contributed by atoms with Crippen LogP contribution in [0, 0.1) is 0 Å². The summed E-state index contributed by atoms with van der Waals surface area (Å²) < 4.78 is 2.06. The molecule has 0 spiro atoms. The molecule has 0 atom stereocenters. The lowest BCUT2D eigenvalue weighted by Crippen LogP contribution is -1.95. The maximum atomic E-state index is 6.18. The van der Waals surface area contributed by atoms with Crippen LogP contribution in [0.1, 0.15) is 5.56 Å². The van der Waals surface area contributed by atoms with E-state index in [1.54, 1.807) is 0 Å². The fraction of sp³-hybridized carbons (Fsp3) is 0.0625. The highest BCUT2D eigenvalue weighted by molar-refractivity contribution is 6.33. The minimum atomic E-state index is 0.729. The summed E-state index contributed by atoms with van der Waals surface area (Å²) in [5.41, 5.74) is 3.13. The third-order valence-electron chi connectivity index (χ3n) is 2.99. The molecular formula is C16H13ClN2. The third-order valence-corrected chi connectivity index (χ3v) is 3.32. The Kier molecular flexibility index (Phi) is 3.34. The van der Waals surface area contributed by atoms with Crippen LogP contribution < -0.4 is 0 Å². The summed E-state index contributed by atoms with van der Waals surface area (Å²) in [6.07, 6.45) is 3.86. The van der Waals surface area contributed by atoms with Gasteiger partial charge in [-0.25, -0.2) is 4.98 Å². The molecule has 1 aromatic heterocycles. The molecule has 3 aromatic rings. The second-order valence-electron chi connectivity index (χ2n) is 4.40. The van der Waals surface area contributed by atoms with Gasteiger partial charge in [-0.3, -0.25) is 0 Å². The molecule has 0 saturated carbocycles. The second kappa shape index (κ2) is 5.29. The van der Waals surface area contributed by atoms with E-state index >= 15 is 0 Å². The molecule has 0 aliphatic rings. The first-order chi connectivity index (χ1) is 9.33. The number of hydrogen-bond donors (Lipinski definition) is 0. The number of nitrogens with zero attached hydrogens (tertiary/aromatic N) is 2. The van der Waals surface area contributed by atoms with Crippen LogP contribution in [0.5, 0.6) is 0 Å². The molecule has 0 radical (unpaired) electrons. The lowest BCUT2D eigenvalue weighted by Gasteiger charge is -2.02. The van der Waals surface area contributed by atoms with E-state index in [4.69, 9.17) is 11.6 Å². The zero-order valence-corrected chi connectivity index (χ0v) is 11.1. The van der Waals surface area contributed by atoms with Gasteiger partial charge in [0.25, 0.3) is 0 Å². The Hall–Kier alpha value is -2.06. The van der Waals surface area contributed by atoms with E-state index in [-0.39, 0.29) is 0 Å². The zero-order chi connectivity index (χ0) is 13.1. The Bertz CT molecular complexity index is 674. The van der Waals surface area contributed by atoms with E-state index in [1.165, 1.54) is 5.56 Å². The van der Waals surface area contributed by atoms with Gasteiger partial charge < -0.3 is 4.57 Å². The van der Waals surface area contributed by atoms with Crippen molar-refractivity contribution in [2.45, 2.75) is 6.54 Å². The molecule has 2 nitrogen and oxygen atoms in total. The molecule has 2 aromatic carbocycles. The summed E-state index contributed by atoms with van der Waals surface area (Å²) >= 11 is 6.18. The van der Waals surface area contributed by atoms with Gasteiger partial charge >= 0.3 is 0 Å². The molecule has 1 heterocycles. The van der Waals surface area contributed by atoms with Crippen LogP contribution in [0.25, 0.3) is 11.3 Å². The summed E-state index contributed by atoms with van der Waals surface area (Å²) in [5, 5.41) is 0.729. The van der Waals surface area contributed by atoms with Gasteiger partial charge in [-0.15, -0.1) is 0 Å². The highest BCUT2D eigenvalue weighted by Gasteiger charge is 2.06. The first kappa shape index (κ1) is 12.0. The van der Waals surface area contributed by atoms with Crippen molar-refractivity contribution < 1.29 is 0 Å². The number of rotatable bonds is 3. The Morgan fingerprint density at radius 1 is 0.947 bits per heavy atom. The molecule has 0 amide bonds. The topological polar surface area (TPSA) is 17.8 Å². The minimum absolute atomic E-state index is 0.729. The van der Waals surface area contributed by atoms with Gasteiger partial charge in [0.15, 0.2) is 0 Å². The maximum Gasteiger partial charge on any atom is 0.0956 e. The van der Waals surface area contributed by atoms with Crippen LogP contribution in [-0.2, 0) is 6.54 Å². The molecule has 94 valence electrons. The zero-order valence-electron chi connectivity index (χ0n) is 10.3. The molecule has 0 N–H and O–H groups in total. The lowest BCUT2D eigenvalue weighted by molar-refractivity contribution is 0.797. The van der Waals surface area contributed by atoms with Gasteiger partial charge in [-0.1, -0.05) is 60.1 Å². The number of hydrogen-bond acceptors (Lipinski definition) is 1. The van der Waals surface area contributed by atoms with Gasteiger partial charge in [0, 0.05) is 18.3 Å². The van der Waals surface area contributed by atoms with Crippen LogP contribution in [0.4, 0.5) is 0 Å². The maximum absolute atomic E-state index is 6.18. The Labute approximate surface area is 117 Å². The molecule has 0 saturated heterocycles. The van der Waals surface area contributed by atoms with Crippen LogP contribution in [0.15, 0.2) is 67.1 Å². The number of imidazole rings is 1. The monoisotopic (exact) mass is 268 g/mol. The normalized spacial score (nSPS) is 10.6. The van der Waals surface area contributed by atoms with E-state index in [9.17, 15) is 0 Å². The second-order valence-corrected chi connectivity index (χ2v) is 4.80. The molecule has 19 heavy (non-hydrogen) atoms. The SMILES string of the molecule is Clc1ccccc1-c1cn(Cc2ccccc2)cn1. The fourth-order valence-electron chi connectivity index (χ4n) is 2.05. The summed E-state index contributed by atoms with van der Waals surface area (Å²) in [4.78, 5) is 4.42. The Morgan fingerprint density at radius 3 is 2.47 bits per heavy atom. The van der Waals surface area contributed by atoms with E-state index < -0.39 is 0 Å². The number of benzene rings is 2. The van der Waals surface area contributed by atoms with Crippen LogP contribution >= 0.6 is 11.6 Å². The van der Waals surface area contributed by atoms with Crippen LogP contribution in [-0.4, -0.2) is 9.55 Å². The third kappa shape index (κ3) is 2.69. The van der Waals surface area contributed by atoms with Gasteiger partial charge in [0.2, 0.25) is 0 Å². The summed E-state index contributed by atoms with van der Waals surface area (Å²) in [6, 6.07) is 18.1. The van der Waals surface area contributed by atoms with Gasteiger partial charge in [0.05, 0.1) is 17.0 Å². The molecular weight excluding hydrogens is 256 g/mol. The summed E-state index contributed by atoms with van der Waals surface area (Å²) in [7, 11) is 0. The van der Waals surface area contributed by atoms with Crippen molar-refractivity contribution in [3.05, 3.63) is 77.7 Å². The highest BCUT2D eigenvalue weighted by atomic mass is 35.5. The van der Waals surface area contributed by atoms with Crippen molar-refractivity contribution in [2.24, 2.45) is 0 Å². The fourth-order valence-corrected chi connectivity index (χ4v) is 2.28. The smallest absolute Gasteiger partial charge is 0.0956 e. The van der Waals surface area contributed by atoms with Crippen molar-refractivity contribution in [2.75, 3.05) is 0 Å². The van der Waals surface area contributed by atoms with E-state index in [0.29, 0.717) is 0 Å². The van der Waals surface area contributed by atoms with Gasteiger partial charge in [-0.2, -0.15) is 0 Å². The Balaban J connectivity index is 1.86. The average Bonchev–Trinajstić information content (AvgIpc) is 2.89. The van der Waals surface area contributed by atoms with E-state index in [2.05, 4.69) is 21.7 Å². The van der Waals surface area contributed by atoms with Crippen molar-refractivity contribution in [1.82, 2.24) is 9.55 Å². The van der Waals surface area contributed by atoms with Gasteiger partial charge in [-0.05, 0) is 11.6 Å². The van der Waals surface area contributed by atoms with Crippen LogP contribution in [0.3, 0.4) is 0 Å². The van der Waals surface area contributed by atoms with Crippen molar-refractivity contribution in [3.63, 3.8) is 0 Å². The molecule has 0 fully saturated rings. The van der Waals surface area contributed by atoms with Crippen molar-refractivity contribution >= 4 is 11.6 Å². The minimum Gasteiger partial charge on any atom is -0.332 e. The number of aromatic nitrogens is 2. The van der Waals surface area contributed by atoms with Crippen LogP contribution in [0.2, 0.25) is 5.02 Å². The molecule has 3 heteroatoms. The lowest BCUT2D eigenvalue weighted by atomic mass is 10.2. The van der Waals surface area contributed by atoms with Crippen molar-refractivity contribution in [3.8, 4) is 11.3 Å². The quantitative estimate of drug-likeness (QED) is 0.694. The Morgan fingerprint density at radius 2 is 1.68 bits per heavy atom. The van der Waals surface area contributed by atoms with Gasteiger partial charge in [0.1, 0.15) is 0 Å². The standard InChI is InChI=1S/C16H13ClN2/c17-15-9-5-4-8-14(15)16-11-19(12-18-16)10-13-6-2-1-3-7-13/h1-9,11-12H,10H2. The molecule has 3 rings (SSSR count). The molecule has 0 aliphatic carbocycles. The predicted molar refractivity (Wildman–Crippen MR) is 78.2 cm³/mol. The molecule has 0 aliphatic heterocycles. The molecule has 0 bridgehead atoms. The number of halogens is 1. The average molecular weight is 269 g/mol. The van der Waals surface area contributed by atoms with E-state index in [1.807, 2.05) is 55.0 Å². The first-order valence-corrected chi connectivity index (χ1v) is 6.51. The van der Waals surface area contributed by atoms with E-state index in [0.717, 1.165) is 22.8 Å². The first-order valence-electron chi connectivity index (χ1n) is 6.13.